The lowest BCUT2D eigenvalue weighted by atomic mass is 10.00. The molecule has 2 aromatic rings. The number of aromatic nitrogens is 1. The lowest BCUT2D eigenvalue weighted by Gasteiger charge is -2.34. The quantitative estimate of drug-likeness (QED) is 0.127. The maximum Gasteiger partial charge on any atom is 0.219 e. The van der Waals surface area contributed by atoms with Crippen LogP contribution in [0.25, 0.3) is 5.57 Å². The molecule has 0 radical (unpaired) electrons. The van der Waals surface area contributed by atoms with E-state index < -0.39 is 0 Å². The first kappa shape index (κ1) is 30.8. The second kappa shape index (κ2) is 15.2. The predicted octanol–water partition coefficient (Wildman–Crippen LogP) is 6.28. The van der Waals surface area contributed by atoms with Crippen LogP contribution >= 0.6 is 11.6 Å². The predicted molar refractivity (Wildman–Crippen MR) is 167 cm³/mol. The van der Waals surface area contributed by atoms with Crippen LogP contribution < -0.4 is 10.2 Å². The summed E-state index contributed by atoms with van der Waals surface area (Å²) in [6, 6.07) is 7.89. The Bertz CT molecular complexity index is 1280. The second-order valence-corrected chi connectivity index (χ2v) is 10.0. The summed E-state index contributed by atoms with van der Waals surface area (Å²) in [6.45, 7) is 11.1. The van der Waals surface area contributed by atoms with Crippen molar-refractivity contribution in [3.8, 4) is 0 Å². The number of carbonyl (C=O) groups excluding carboxylic acids is 2. The number of rotatable bonds is 14. The minimum absolute atomic E-state index is 0.0991. The number of aryl methyl sites for hydroxylation is 2. The van der Waals surface area contributed by atoms with E-state index in [1.165, 1.54) is 0 Å². The molecule has 1 atom stereocenters. The van der Waals surface area contributed by atoms with Crippen molar-refractivity contribution in [3.63, 3.8) is 0 Å². The number of allylic oxidation sites excluding steroid dienone is 4. The van der Waals surface area contributed by atoms with E-state index in [2.05, 4.69) is 42.8 Å². The summed E-state index contributed by atoms with van der Waals surface area (Å²) in [5.41, 5.74) is 5.12. The average Bonchev–Trinajstić information content (AvgIpc) is 2.99. The van der Waals surface area contributed by atoms with Gasteiger partial charge in [-0.15, -0.1) is 6.58 Å². The Balaban J connectivity index is 2.33. The molecule has 1 aliphatic carbocycles. The van der Waals surface area contributed by atoms with Gasteiger partial charge in [-0.25, -0.2) is 4.98 Å². The Morgan fingerprint density at radius 1 is 1.23 bits per heavy atom. The van der Waals surface area contributed by atoms with Gasteiger partial charge in [-0.2, -0.15) is 0 Å². The summed E-state index contributed by atoms with van der Waals surface area (Å²) < 4.78 is 0. The van der Waals surface area contributed by atoms with Crippen LogP contribution in [0.15, 0.2) is 60.1 Å². The molecule has 1 heterocycles. The zero-order chi connectivity index (χ0) is 29.1. The molecule has 1 aromatic carbocycles. The molecule has 0 spiro atoms. The molecule has 0 bridgehead atoms. The summed E-state index contributed by atoms with van der Waals surface area (Å²) in [6.07, 6.45) is 13.7. The Kier molecular flexibility index (Phi) is 11.7. The number of hydrogen-bond acceptors (Lipinski definition) is 4. The molecule has 40 heavy (non-hydrogen) atoms. The maximum atomic E-state index is 13.0. The van der Waals surface area contributed by atoms with E-state index in [9.17, 15) is 9.59 Å². The smallest absolute Gasteiger partial charge is 0.219 e. The zero-order valence-corrected chi connectivity index (χ0v) is 24.7. The molecule has 1 aromatic heterocycles. The third-order valence-electron chi connectivity index (χ3n) is 7.09. The number of amides is 2. The first-order chi connectivity index (χ1) is 19.4. The fourth-order valence-corrected chi connectivity index (χ4v) is 5.31. The van der Waals surface area contributed by atoms with Crippen LogP contribution in [-0.4, -0.2) is 54.7 Å². The van der Waals surface area contributed by atoms with Crippen molar-refractivity contribution < 1.29 is 9.59 Å². The third kappa shape index (κ3) is 6.89. The number of anilines is 2. The lowest BCUT2D eigenvalue weighted by Crippen LogP contribution is -2.45. The molecule has 3 rings (SSSR count). The number of aliphatic imine (C=N–C) groups is 1. The molecule has 0 saturated carbocycles. The van der Waals surface area contributed by atoms with E-state index in [0.29, 0.717) is 53.9 Å². The van der Waals surface area contributed by atoms with Gasteiger partial charge in [-0.1, -0.05) is 68.0 Å². The van der Waals surface area contributed by atoms with Gasteiger partial charge in [0, 0.05) is 26.2 Å². The van der Waals surface area contributed by atoms with Crippen molar-refractivity contribution in [2.45, 2.75) is 58.9 Å². The van der Waals surface area contributed by atoms with Crippen molar-refractivity contribution in [3.05, 3.63) is 82.6 Å². The van der Waals surface area contributed by atoms with Crippen LogP contribution in [0.1, 0.15) is 62.4 Å². The van der Waals surface area contributed by atoms with Gasteiger partial charge in [0.25, 0.3) is 0 Å². The van der Waals surface area contributed by atoms with Crippen LogP contribution in [0.4, 0.5) is 11.5 Å². The van der Waals surface area contributed by atoms with E-state index in [0.717, 1.165) is 54.5 Å². The summed E-state index contributed by atoms with van der Waals surface area (Å²) >= 11 is 6.93. The first-order valence-corrected chi connectivity index (χ1v) is 14.3. The highest BCUT2D eigenvalue weighted by Crippen LogP contribution is 2.37. The van der Waals surface area contributed by atoms with Crippen molar-refractivity contribution in [1.82, 2.24) is 15.2 Å². The molecule has 212 valence electrons. The molecule has 1 aliphatic rings. The largest absolute Gasteiger partial charge is 0.357 e. The van der Waals surface area contributed by atoms with Crippen molar-refractivity contribution in [1.29, 1.82) is 0 Å². The SMILES string of the molecule is C=CCCN(C(=NC)c1cc(Cl)c(C2=CCCC=C2)nc1N(C=O)c1c(CC)cccc1CC)C(C)CNC=O. The summed E-state index contributed by atoms with van der Waals surface area (Å²) in [4.78, 5) is 37.6. The zero-order valence-electron chi connectivity index (χ0n) is 24.0. The number of para-hydroxylation sites is 1. The van der Waals surface area contributed by atoms with Gasteiger partial charge in [-0.3, -0.25) is 19.5 Å². The number of carbonyl (C=O) groups is 2. The number of nitrogens with one attached hydrogen (secondary N) is 1. The van der Waals surface area contributed by atoms with Crippen LogP contribution in [0, 0.1) is 0 Å². The Morgan fingerprint density at radius 2 is 1.95 bits per heavy atom. The monoisotopic (exact) mass is 561 g/mol. The standard InChI is InChI=1S/C32H40ClN5O2/c1-6-9-18-37(23(4)20-35-21-39)31(34-5)27-19-28(33)29(26-14-11-10-12-15-26)36-32(27)38(22-40)30-24(7-2)16-13-17-25(30)8-3/h6,11,13-17,19,21-23H,1,7-10,12,18,20H2,2-5H3,(H,35,39). The van der Waals surface area contributed by atoms with Gasteiger partial charge >= 0.3 is 0 Å². The van der Waals surface area contributed by atoms with E-state index >= 15 is 0 Å². The number of benzene rings is 1. The van der Waals surface area contributed by atoms with Gasteiger partial charge in [-0.05, 0) is 61.8 Å². The number of pyridine rings is 1. The maximum absolute atomic E-state index is 13.0. The molecule has 7 nitrogen and oxygen atoms in total. The molecule has 1 N–H and O–H groups in total. The van der Waals surface area contributed by atoms with Gasteiger partial charge in [0.15, 0.2) is 5.82 Å². The highest BCUT2D eigenvalue weighted by atomic mass is 35.5. The Morgan fingerprint density at radius 3 is 2.50 bits per heavy atom. The topological polar surface area (TPSA) is 77.9 Å². The molecular formula is C32H40ClN5O2. The van der Waals surface area contributed by atoms with E-state index in [1.54, 1.807) is 11.9 Å². The minimum atomic E-state index is -0.0991. The Labute approximate surface area is 243 Å². The molecule has 2 amide bonds. The number of amidine groups is 1. The van der Waals surface area contributed by atoms with Gasteiger partial charge in [0.2, 0.25) is 12.8 Å². The van der Waals surface area contributed by atoms with Crippen LogP contribution in [0.3, 0.4) is 0 Å². The van der Waals surface area contributed by atoms with Gasteiger partial charge in [0.1, 0.15) is 5.84 Å². The van der Waals surface area contributed by atoms with Crippen LogP contribution in [-0.2, 0) is 22.4 Å². The van der Waals surface area contributed by atoms with E-state index in [4.69, 9.17) is 21.6 Å². The van der Waals surface area contributed by atoms with Gasteiger partial charge in [0.05, 0.1) is 22.0 Å². The van der Waals surface area contributed by atoms with Gasteiger partial charge < -0.3 is 10.2 Å². The highest BCUT2D eigenvalue weighted by Gasteiger charge is 2.28. The molecule has 8 heteroatoms. The van der Waals surface area contributed by atoms with E-state index in [1.807, 2.05) is 43.3 Å². The third-order valence-corrected chi connectivity index (χ3v) is 7.38. The number of halogens is 1. The average molecular weight is 562 g/mol. The first-order valence-electron chi connectivity index (χ1n) is 13.9. The fraction of sp³-hybridized carbons (Fsp3) is 0.375. The number of hydrogen-bond donors (Lipinski definition) is 1. The van der Waals surface area contributed by atoms with Crippen molar-refractivity contribution in [2.24, 2.45) is 4.99 Å². The van der Waals surface area contributed by atoms with Crippen molar-refractivity contribution in [2.75, 3.05) is 25.0 Å². The van der Waals surface area contributed by atoms with E-state index in [-0.39, 0.29) is 6.04 Å². The summed E-state index contributed by atoms with van der Waals surface area (Å²) in [7, 11) is 1.72. The van der Waals surface area contributed by atoms with Crippen molar-refractivity contribution >= 4 is 47.3 Å². The Hall–Kier alpha value is -3.71. The molecule has 0 aliphatic heterocycles. The lowest BCUT2D eigenvalue weighted by molar-refractivity contribution is -0.109. The molecule has 0 saturated heterocycles. The highest BCUT2D eigenvalue weighted by molar-refractivity contribution is 6.33. The van der Waals surface area contributed by atoms with Crippen LogP contribution in [0.2, 0.25) is 5.02 Å². The molecule has 1 unspecified atom stereocenters. The summed E-state index contributed by atoms with van der Waals surface area (Å²) in [5, 5.41) is 3.25. The van der Waals surface area contributed by atoms with Crippen LogP contribution in [0.5, 0.6) is 0 Å². The number of nitrogens with zero attached hydrogens (tertiary/aromatic N) is 4. The summed E-state index contributed by atoms with van der Waals surface area (Å²) in [5.74, 6) is 1.09. The second-order valence-electron chi connectivity index (χ2n) is 9.63. The molecule has 0 fully saturated rings. The minimum Gasteiger partial charge on any atom is -0.357 e. The molecular weight excluding hydrogens is 522 g/mol. The fourth-order valence-electron chi connectivity index (χ4n) is 5.05. The normalized spacial score (nSPS) is 13.8.